The molecule has 0 N–H and O–H groups in total. The third-order valence-electron chi connectivity index (χ3n) is 4.47. The predicted molar refractivity (Wildman–Crippen MR) is 100 cm³/mol. The summed E-state index contributed by atoms with van der Waals surface area (Å²) in [4.78, 5) is 12.4. The van der Waals surface area contributed by atoms with E-state index in [4.69, 9.17) is 4.74 Å². The summed E-state index contributed by atoms with van der Waals surface area (Å²) < 4.78 is 60.0. The quantitative estimate of drug-likeness (QED) is 0.340. The van der Waals surface area contributed by atoms with Gasteiger partial charge in [-0.2, -0.15) is 0 Å². The number of alkyl halides is 2. The van der Waals surface area contributed by atoms with E-state index in [2.05, 4.69) is 0 Å². The van der Waals surface area contributed by atoms with Crippen LogP contribution in [0.3, 0.4) is 0 Å². The van der Waals surface area contributed by atoms with E-state index in [0.717, 1.165) is 24.5 Å². The van der Waals surface area contributed by atoms with E-state index >= 15 is 0 Å². The Hall–Kier alpha value is -2.37. The Kier molecular flexibility index (Phi) is 8.03. The lowest BCUT2D eigenvalue weighted by Gasteiger charge is -2.13. The van der Waals surface area contributed by atoms with Gasteiger partial charge in [-0.3, -0.25) is 4.79 Å². The molecule has 28 heavy (non-hydrogen) atoms. The van der Waals surface area contributed by atoms with Crippen LogP contribution in [-0.4, -0.2) is 12.4 Å². The minimum Gasteiger partial charge on any atom is -0.491 e. The molecule has 0 aliphatic carbocycles. The van der Waals surface area contributed by atoms with Crippen molar-refractivity contribution < 1.29 is 27.1 Å². The first-order valence-electron chi connectivity index (χ1n) is 9.42. The van der Waals surface area contributed by atoms with Crippen molar-refractivity contribution in [2.45, 2.75) is 52.4 Å². The molecule has 2 rings (SSSR count). The number of ether oxygens (including phenoxy) is 1. The lowest BCUT2D eigenvalue weighted by atomic mass is 9.97. The highest BCUT2D eigenvalue weighted by molar-refractivity contribution is 5.97. The number of carbonyl (C=O) groups excluding carboxylic acids is 1. The van der Waals surface area contributed by atoms with Crippen molar-refractivity contribution in [1.29, 1.82) is 0 Å². The van der Waals surface area contributed by atoms with Gasteiger partial charge in [-0.15, -0.1) is 0 Å². The van der Waals surface area contributed by atoms with Gasteiger partial charge in [0.1, 0.15) is 5.82 Å². The van der Waals surface area contributed by atoms with Crippen molar-refractivity contribution in [2.24, 2.45) is 0 Å². The van der Waals surface area contributed by atoms with Crippen molar-refractivity contribution in [3.8, 4) is 5.75 Å². The topological polar surface area (TPSA) is 26.3 Å². The monoisotopic (exact) mass is 396 g/mol. The molecular weight excluding hydrogens is 372 g/mol. The summed E-state index contributed by atoms with van der Waals surface area (Å²) in [6.07, 6.45) is -0.937. The SMILES string of the molecule is CCCc1ccc(CCCC(=O)c2ccc(OCC)c(F)c2C(F)F)c(F)c1. The average molecular weight is 396 g/mol. The molecule has 0 saturated carbocycles. The van der Waals surface area contributed by atoms with Crippen molar-refractivity contribution in [3.63, 3.8) is 0 Å². The van der Waals surface area contributed by atoms with E-state index in [1.807, 2.05) is 13.0 Å². The second-order valence-electron chi connectivity index (χ2n) is 6.53. The van der Waals surface area contributed by atoms with Crippen LogP contribution in [0.1, 0.15) is 66.6 Å². The van der Waals surface area contributed by atoms with Crippen LogP contribution in [0.25, 0.3) is 0 Å². The molecule has 0 radical (unpaired) electrons. The molecule has 0 aliphatic heterocycles. The Morgan fingerprint density at radius 2 is 1.82 bits per heavy atom. The minimum absolute atomic E-state index is 0.0801. The van der Waals surface area contributed by atoms with Crippen LogP contribution in [0, 0.1) is 11.6 Å². The molecule has 0 fully saturated rings. The summed E-state index contributed by atoms with van der Waals surface area (Å²) >= 11 is 0. The molecule has 0 aromatic heterocycles. The Bertz CT molecular complexity index is 818. The molecule has 0 aliphatic rings. The zero-order chi connectivity index (χ0) is 20.7. The van der Waals surface area contributed by atoms with Crippen molar-refractivity contribution in [3.05, 3.63) is 64.2 Å². The molecular formula is C22H24F4O2. The average Bonchev–Trinajstić information content (AvgIpc) is 2.65. The van der Waals surface area contributed by atoms with E-state index in [-0.39, 0.29) is 36.6 Å². The Morgan fingerprint density at radius 3 is 2.43 bits per heavy atom. The number of rotatable bonds is 10. The number of carbonyl (C=O) groups is 1. The summed E-state index contributed by atoms with van der Waals surface area (Å²) in [5.41, 5.74) is 0.0895. The molecule has 0 amide bonds. The minimum atomic E-state index is -3.14. The zero-order valence-electron chi connectivity index (χ0n) is 16.0. The first kappa shape index (κ1) is 21.9. The molecule has 152 valence electrons. The lowest BCUT2D eigenvalue weighted by molar-refractivity contribution is 0.0962. The van der Waals surface area contributed by atoms with Crippen LogP contribution >= 0.6 is 0 Å². The van der Waals surface area contributed by atoms with Crippen molar-refractivity contribution in [2.75, 3.05) is 6.61 Å². The van der Waals surface area contributed by atoms with Gasteiger partial charge in [0, 0.05) is 12.0 Å². The van der Waals surface area contributed by atoms with Crippen LogP contribution in [0.15, 0.2) is 30.3 Å². The fourth-order valence-electron chi connectivity index (χ4n) is 3.11. The molecule has 0 saturated heterocycles. The Balaban J connectivity index is 2.08. The second-order valence-corrected chi connectivity index (χ2v) is 6.53. The van der Waals surface area contributed by atoms with Gasteiger partial charge < -0.3 is 4.74 Å². The predicted octanol–water partition coefficient (Wildman–Crippen LogP) is 6.46. The van der Waals surface area contributed by atoms with Crippen LogP contribution in [0.5, 0.6) is 5.75 Å². The van der Waals surface area contributed by atoms with Gasteiger partial charge in [-0.05, 0) is 55.5 Å². The van der Waals surface area contributed by atoms with Crippen molar-refractivity contribution >= 4 is 5.78 Å². The van der Waals surface area contributed by atoms with E-state index in [0.29, 0.717) is 12.0 Å². The van der Waals surface area contributed by atoms with Gasteiger partial charge in [0.05, 0.1) is 12.2 Å². The van der Waals surface area contributed by atoms with Gasteiger partial charge in [-0.1, -0.05) is 25.5 Å². The highest BCUT2D eigenvalue weighted by Gasteiger charge is 2.25. The maximum Gasteiger partial charge on any atom is 0.267 e. The number of halogens is 4. The fraction of sp³-hybridized carbons (Fsp3) is 0.409. The number of hydrogen-bond donors (Lipinski definition) is 0. The van der Waals surface area contributed by atoms with Crippen LogP contribution in [0.2, 0.25) is 0 Å². The molecule has 0 spiro atoms. The van der Waals surface area contributed by atoms with E-state index < -0.39 is 23.6 Å². The third-order valence-corrected chi connectivity index (χ3v) is 4.47. The van der Waals surface area contributed by atoms with E-state index in [1.165, 1.54) is 12.1 Å². The second kappa shape index (κ2) is 10.2. The van der Waals surface area contributed by atoms with Gasteiger partial charge >= 0.3 is 0 Å². The van der Waals surface area contributed by atoms with Crippen LogP contribution in [-0.2, 0) is 12.8 Å². The fourth-order valence-corrected chi connectivity index (χ4v) is 3.11. The lowest BCUT2D eigenvalue weighted by Crippen LogP contribution is -2.09. The Labute approximate surface area is 162 Å². The number of ketones is 1. The maximum absolute atomic E-state index is 14.3. The van der Waals surface area contributed by atoms with Gasteiger partial charge in [0.15, 0.2) is 17.3 Å². The van der Waals surface area contributed by atoms with Crippen LogP contribution < -0.4 is 4.74 Å². The first-order chi connectivity index (χ1) is 13.4. The molecule has 0 unspecified atom stereocenters. The number of Topliss-reactive ketones (excluding diaryl/α,β-unsaturated/α-hetero) is 1. The largest absolute Gasteiger partial charge is 0.491 e. The summed E-state index contributed by atoms with van der Waals surface area (Å²) in [6.45, 7) is 3.73. The summed E-state index contributed by atoms with van der Waals surface area (Å²) in [6, 6.07) is 7.37. The summed E-state index contributed by atoms with van der Waals surface area (Å²) in [7, 11) is 0. The van der Waals surface area contributed by atoms with E-state index in [9.17, 15) is 22.4 Å². The standard InChI is InChI=1S/C22H24F4O2/c1-3-6-14-9-10-15(17(23)13-14)7-5-8-18(27)16-11-12-19(28-4-2)21(24)20(16)22(25)26/h9-13,22H,3-8H2,1-2H3. The first-order valence-corrected chi connectivity index (χ1v) is 9.42. The molecule has 2 aromatic rings. The summed E-state index contributed by atoms with van der Waals surface area (Å²) in [5.74, 6) is -2.44. The van der Waals surface area contributed by atoms with Gasteiger partial charge in [0.25, 0.3) is 6.43 Å². The Morgan fingerprint density at radius 1 is 1.07 bits per heavy atom. The zero-order valence-corrected chi connectivity index (χ0v) is 16.0. The normalized spacial score (nSPS) is 11.1. The highest BCUT2D eigenvalue weighted by atomic mass is 19.3. The highest BCUT2D eigenvalue weighted by Crippen LogP contribution is 2.32. The van der Waals surface area contributed by atoms with Crippen LogP contribution in [0.4, 0.5) is 17.6 Å². The van der Waals surface area contributed by atoms with Crippen molar-refractivity contribution in [1.82, 2.24) is 0 Å². The molecule has 0 atom stereocenters. The number of aryl methyl sites for hydroxylation is 2. The molecule has 2 aromatic carbocycles. The molecule has 2 nitrogen and oxygen atoms in total. The molecule has 0 heterocycles. The third kappa shape index (κ3) is 5.33. The van der Waals surface area contributed by atoms with E-state index in [1.54, 1.807) is 13.0 Å². The van der Waals surface area contributed by atoms with Gasteiger partial charge in [0.2, 0.25) is 0 Å². The smallest absolute Gasteiger partial charge is 0.267 e. The number of benzene rings is 2. The molecule has 0 bridgehead atoms. The molecule has 6 heteroatoms. The maximum atomic E-state index is 14.3. The summed E-state index contributed by atoms with van der Waals surface area (Å²) in [5, 5.41) is 0. The number of hydrogen-bond acceptors (Lipinski definition) is 2. The van der Waals surface area contributed by atoms with Gasteiger partial charge in [-0.25, -0.2) is 17.6 Å².